The van der Waals surface area contributed by atoms with Crippen LogP contribution < -0.4 is 0 Å². The van der Waals surface area contributed by atoms with Gasteiger partial charge in [0.25, 0.3) is 0 Å². The Hall–Kier alpha value is -1.11. The molecule has 16 heavy (non-hydrogen) atoms. The highest BCUT2D eigenvalue weighted by Gasteiger charge is 2.34. The Kier molecular flexibility index (Phi) is 3.57. The summed E-state index contributed by atoms with van der Waals surface area (Å²) in [5.74, 6) is -3.18. The van der Waals surface area contributed by atoms with Gasteiger partial charge < -0.3 is 0 Å². The van der Waals surface area contributed by atoms with Crippen LogP contribution >= 0.6 is 0 Å². The van der Waals surface area contributed by atoms with Crippen molar-refractivity contribution in [3.8, 4) is 0 Å². The normalized spacial score (nSPS) is 12.8. The largest absolute Gasteiger partial charge is 0.402 e. The van der Waals surface area contributed by atoms with Crippen LogP contribution in [-0.4, -0.2) is 20.3 Å². The van der Waals surface area contributed by atoms with Crippen molar-refractivity contribution >= 4 is 9.84 Å². The average molecular weight is 256 g/mol. The van der Waals surface area contributed by atoms with Crippen LogP contribution in [0.15, 0.2) is 24.3 Å². The van der Waals surface area contributed by atoms with E-state index < -0.39 is 33.3 Å². The lowest BCUT2D eigenvalue weighted by molar-refractivity contribution is -0.106. The standard InChI is InChI=1S/C9H8F4O2S/c10-8-3-1-7(2-4-8)5-16(14,15)6-9(11,12)13/h1-4H,5-6H2. The molecule has 90 valence electrons. The van der Waals surface area contributed by atoms with Gasteiger partial charge >= 0.3 is 6.18 Å². The molecule has 0 atom stereocenters. The lowest BCUT2D eigenvalue weighted by Gasteiger charge is -2.07. The number of rotatable bonds is 3. The quantitative estimate of drug-likeness (QED) is 0.778. The first kappa shape index (κ1) is 13.0. The van der Waals surface area contributed by atoms with Crippen LogP contribution in [0, 0.1) is 5.82 Å². The molecular weight excluding hydrogens is 248 g/mol. The first-order chi connectivity index (χ1) is 7.18. The van der Waals surface area contributed by atoms with E-state index in [0.29, 0.717) is 0 Å². The molecule has 0 saturated carbocycles. The second-order valence-electron chi connectivity index (χ2n) is 3.27. The SMILES string of the molecule is O=S(=O)(Cc1ccc(F)cc1)CC(F)(F)F. The molecule has 0 aliphatic rings. The molecule has 0 aliphatic carbocycles. The molecule has 0 aromatic heterocycles. The highest BCUT2D eigenvalue weighted by Crippen LogP contribution is 2.19. The molecule has 1 aromatic rings. The van der Waals surface area contributed by atoms with E-state index in [1.807, 2.05) is 0 Å². The van der Waals surface area contributed by atoms with E-state index in [0.717, 1.165) is 24.3 Å². The number of sulfone groups is 1. The molecule has 7 heteroatoms. The molecule has 1 rings (SSSR count). The molecule has 0 aliphatic heterocycles. The van der Waals surface area contributed by atoms with Gasteiger partial charge in [-0.1, -0.05) is 12.1 Å². The molecule has 0 fully saturated rings. The van der Waals surface area contributed by atoms with Gasteiger partial charge in [0.1, 0.15) is 11.6 Å². The minimum absolute atomic E-state index is 0.130. The van der Waals surface area contributed by atoms with Crippen molar-refractivity contribution in [1.82, 2.24) is 0 Å². The summed E-state index contributed by atoms with van der Waals surface area (Å²) in [6.45, 7) is 0. The molecule has 0 N–H and O–H groups in total. The highest BCUT2D eigenvalue weighted by molar-refractivity contribution is 7.90. The molecule has 1 aromatic carbocycles. The van der Waals surface area contributed by atoms with E-state index >= 15 is 0 Å². The summed E-state index contributed by atoms with van der Waals surface area (Å²) in [4.78, 5) is 0. The summed E-state index contributed by atoms with van der Waals surface area (Å²) in [7, 11) is -4.25. The van der Waals surface area contributed by atoms with Crippen LogP contribution in [0.3, 0.4) is 0 Å². The van der Waals surface area contributed by atoms with Gasteiger partial charge in [0.15, 0.2) is 9.84 Å². The van der Waals surface area contributed by atoms with E-state index in [-0.39, 0.29) is 5.56 Å². The van der Waals surface area contributed by atoms with Gasteiger partial charge in [-0.25, -0.2) is 12.8 Å². The first-order valence-corrected chi connectivity index (χ1v) is 6.02. The van der Waals surface area contributed by atoms with Gasteiger partial charge in [-0.05, 0) is 17.7 Å². The number of alkyl halides is 3. The summed E-state index contributed by atoms with van der Waals surface area (Å²) in [5.41, 5.74) is 0.130. The Morgan fingerprint density at radius 3 is 2.00 bits per heavy atom. The fraction of sp³-hybridized carbons (Fsp3) is 0.333. The third-order valence-corrected chi connectivity index (χ3v) is 3.22. The lowest BCUT2D eigenvalue weighted by atomic mass is 10.2. The Bertz CT molecular complexity index is 447. The first-order valence-electron chi connectivity index (χ1n) is 4.20. The van der Waals surface area contributed by atoms with Crippen LogP contribution in [0.25, 0.3) is 0 Å². The minimum Gasteiger partial charge on any atom is -0.228 e. The summed E-state index contributed by atoms with van der Waals surface area (Å²) in [5, 5.41) is 0. The van der Waals surface area contributed by atoms with Crippen molar-refractivity contribution in [3.63, 3.8) is 0 Å². The maximum absolute atomic E-state index is 12.5. The molecule has 0 radical (unpaired) electrons. The number of halogens is 4. The molecule has 2 nitrogen and oxygen atoms in total. The van der Waals surface area contributed by atoms with Crippen LogP contribution in [-0.2, 0) is 15.6 Å². The Morgan fingerprint density at radius 2 is 1.56 bits per heavy atom. The van der Waals surface area contributed by atoms with E-state index in [4.69, 9.17) is 0 Å². The van der Waals surface area contributed by atoms with Gasteiger partial charge in [-0.2, -0.15) is 13.2 Å². The summed E-state index contributed by atoms with van der Waals surface area (Å²) >= 11 is 0. The zero-order chi connectivity index (χ0) is 12.4. The van der Waals surface area contributed by atoms with Crippen molar-refractivity contribution in [2.75, 3.05) is 5.75 Å². The van der Waals surface area contributed by atoms with Crippen molar-refractivity contribution < 1.29 is 26.0 Å². The fourth-order valence-electron chi connectivity index (χ4n) is 1.13. The monoisotopic (exact) mass is 256 g/mol. The predicted octanol–water partition coefficient (Wildman–Crippen LogP) is 2.30. The van der Waals surface area contributed by atoms with E-state index in [9.17, 15) is 26.0 Å². The van der Waals surface area contributed by atoms with Crippen LogP contribution in [0.1, 0.15) is 5.56 Å². The maximum atomic E-state index is 12.5. The van der Waals surface area contributed by atoms with Crippen LogP contribution in [0.2, 0.25) is 0 Å². The lowest BCUT2D eigenvalue weighted by Crippen LogP contribution is -2.23. The maximum Gasteiger partial charge on any atom is 0.402 e. The molecule has 0 unspecified atom stereocenters. The van der Waals surface area contributed by atoms with Crippen molar-refractivity contribution in [2.24, 2.45) is 0 Å². The van der Waals surface area contributed by atoms with E-state index in [1.54, 1.807) is 0 Å². The van der Waals surface area contributed by atoms with Gasteiger partial charge in [-0.3, -0.25) is 0 Å². The molecule has 0 bridgehead atoms. The molecule has 0 saturated heterocycles. The third kappa shape index (κ3) is 4.61. The van der Waals surface area contributed by atoms with E-state index in [2.05, 4.69) is 0 Å². The smallest absolute Gasteiger partial charge is 0.228 e. The summed E-state index contributed by atoms with van der Waals surface area (Å²) < 4.78 is 70.3. The van der Waals surface area contributed by atoms with Crippen molar-refractivity contribution in [1.29, 1.82) is 0 Å². The Balaban J connectivity index is 2.77. The zero-order valence-electron chi connectivity index (χ0n) is 7.96. The van der Waals surface area contributed by atoms with Crippen LogP contribution in [0.5, 0.6) is 0 Å². The number of benzene rings is 1. The van der Waals surface area contributed by atoms with Gasteiger partial charge in [-0.15, -0.1) is 0 Å². The second kappa shape index (κ2) is 4.40. The molecule has 0 spiro atoms. The number of hydrogen-bond acceptors (Lipinski definition) is 2. The van der Waals surface area contributed by atoms with E-state index in [1.165, 1.54) is 0 Å². The Morgan fingerprint density at radius 1 is 1.06 bits per heavy atom. The summed E-state index contributed by atoms with van der Waals surface area (Å²) in [6, 6.07) is 4.28. The van der Waals surface area contributed by atoms with Gasteiger partial charge in [0.05, 0.1) is 5.75 Å². The zero-order valence-corrected chi connectivity index (χ0v) is 8.78. The fourth-order valence-corrected chi connectivity index (χ4v) is 2.44. The van der Waals surface area contributed by atoms with Gasteiger partial charge in [0, 0.05) is 0 Å². The Labute approximate surface area is 89.8 Å². The third-order valence-electron chi connectivity index (χ3n) is 1.68. The second-order valence-corrected chi connectivity index (χ2v) is 5.34. The van der Waals surface area contributed by atoms with Crippen molar-refractivity contribution in [2.45, 2.75) is 11.9 Å². The molecular formula is C9H8F4O2S. The predicted molar refractivity (Wildman–Crippen MR) is 49.9 cm³/mol. The topological polar surface area (TPSA) is 34.1 Å². The minimum atomic E-state index is -4.75. The van der Waals surface area contributed by atoms with Crippen molar-refractivity contribution in [3.05, 3.63) is 35.6 Å². The van der Waals surface area contributed by atoms with Crippen LogP contribution in [0.4, 0.5) is 17.6 Å². The summed E-state index contributed by atoms with van der Waals surface area (Å²) in [6.07, 6.45) is -4.75. The highest BCUT2D eigenvalue weighted by atomic mass is 32.2. The van der Waals surface area contributed by atoms with Gasteiger partial charge in [0.2, 0.25) is 0 Å². The number of hydrogen-bond donors (Lipinski definition) is 0. The molecule has 0 amide bonds. The molecule has 0 heterocycles. The average Bonchev–Trinajstić information content (AvgIpc) is 2.04.